The molecule has 1 saturated heterocycles. The molecule has 1 heterocycles. The number of aromatic hydroxyl groups is 1. The van der Waals surface area contributed by atoms with Crippen LogP contribution in [0.1, 0.15) is 52.0 Å². The summed E-state index contributed by atoms with van der Waals surface area (Å²) in [7, 11) is 4.70. The highest BCUT2D eigenvalue weighted by Crippen LogP contribution is 2.47. The van der Waals surface area contributed by atoms with Crippen LogP contribution in [0.2, 0.25) is 10.0 Å². The third-order valence-electron chi connectivity index (χ3n) is 6.19. The summed E-state index contributed by atoms with van der Waals surface area (Å²) in [6.45, 7) is 2.13. The van der Waals surface area contributed by atoms with Crippen molar-refractivity contribution in [1.29, 1.82) is 0 Å². The molecule has 0 spiro atoms. The maximum absolute atomic E-state index is 13.3. The first kappa shape index (κ1) is 26.8. The lowest BCUT2D eigenvalue weighted by molar-refractivity contribution is -0.142. The van der Waals surface area contributed by atoms with Crippen molar-refractivity contribution < 1.29 is 33.7 Å². The molecule has 2 unspecified atom stereocenters. The number of phenols is 1. The molecule has 1 aliphatic rings. The molecule has 35 heavy (non-hydrogen) atoms. The van der Waals surface area contributed by atoms with E-state index in [0.29, 0.717) is 29.3 Å². The van der Waals surface area contributed by atoms with Gasteiger partial charge in [-0.25, -0.2) is 0 Å². The monoisotopic (exact) mass is 523 g/mol. The Morgan fingerprint density at radius 2 is 1.77 bits per heavy atom. The van der Waals surface area contributed by atoms with Crippen LogP contribution in [0.25, 0.3) is 0 Å². The molecule has 10 heteroatoms. The second-order valence-corrected chi connectivity index (χ2v) is 9.16. The van der Waals surface area contributed by atoms with Crippen LogP contribution in [0.3, 0.4) is 0 Å². The fourth-order valence-corrected chi connectivity index (χ4v) is 4.94. The molecule has 2 aromatic rings. The zero-order chi connectivity index (χ0) is 25.9. The van der Waals surface area contributed by atoms with Crippen LogP contribution in [0.4, 0.5) is 0 Å². The predicted octanol–water partition coefficient (Wildman–Crippen LogP) is 4.52. The Balaban J connectivity index is 2.02. The number of likely N-dealkylation sites (tertiary alicyclic amines) is 1. The number of carbonyl (C=O) groups is 3. The Hall–Kier alpha value is -2.81. The minimum atomic E-state index is -0.637. The standard InChI is InChI=1S/C25H27Cl2NO7/c1-13(29)35-12-18-16(7-8-28(18)2)23-21(33-3)11-22(34-4)24(25(23)32)20(31)10-19(30)15-6-5-14(26)9-17(15)27/h5-6,9,11,16,18,32H,7-8,10,12H2,1-4H3. The molecule has 2 aromatic carbocycles. The van der Waals surface area contributed by atoms with E-state index in [1.54, 1.807) is 0 Å². The summed E-state index contributed by atoms with van der Waals surface area (Å²) in [6.07, 6.45) is 0.0874. The smallest absolute Gasteiger partial charge is 0.302 e. The molecule has 0 saturated carbocycles. The quantitative estimate of drug-likeness (QED) is 0.290. The van der Waals surface area contributed by atoms with E-state index in [9.17, 15) is 19.5 Å². The lowest BCUT2D eigenvalue weighted by Gasteiger charge is -2.27. The van der Waals surface area contributed by atoms with Crippen molar-refractivity contribution in [2.24, 2.45) is 0 Å². The number of Topliss-reactive ketones (excluding diaryl/α,β-unsaturated/α-hetero) is 2. The average molecular weight is 524 g/mol. The first-order valence-corrected chi connectivity index (χ1v) is 11.7. The highest BCUT2D eigenvalue weighted by molar-refractivity contribution is 6.37. The van der Waals surface area contributed by atoms with Crippen LogP contribution in [0.15, 0.2) is 24.3 Å². The fraction of sp³-hybridized carbons (Fsp3) is 0.400. The number of ether oxygens (including phenoxy) is 3. The summed E-state index contributed by atoms with van der Waals surface area (Å²) in [6, 6.07) is 5.65. The van der Waals surface area contributed by atoms with Gasteiger partial charge in [0.05, 0.1) is 31.7 Å². The van der Waals surface area contributed by atoms with E-state index in [1.165, 1.54) is 45.4 Å². The van der Waals surface area contributed by atoms with Crippen molar-refractivity contribution >= 4 is 40.7 Å². The van der Waals surface area contributed by atoms with Crippen LogP contribution in [-0.4, -0.2) is 68.0 Å². The normalized spacial score (nSPS) is 17.8. The van der Waals surface area contributed by atoms with E-state index in [-0.39, 0.29) is 46.2 Å². The van der Waals surface area contributed by atoms with Gasteiger partial charge >= 0.3 is 5.97 Å². The summed E-state index contributed by atoms with van der Waals surface area (Å²) in [5.41, 5.74) is 0.424. The van der Waals surface area contributed by atoms with Gasteiger partial charge < -0.3 is 19.3 Å². The number of phenolic OH excluding ortho intramolecular Hbond substituents is 1. The van der Waals surface area contributed by atoms with Crippen molar-refractivity contribution in [3.8, 4) is 17.2 Å². The molecule has 0 aromatic heterocycles. The second kappa shape index (κ2) is 11.3. The lowest BCUT2D eigenvalue weighted by Crippen LogP contribution is -2.34. The van der Waals surface area contributed by atoms with Crippen molar-refractivity contribution in [1.82, 2.24) is 4.90 Å². The molecule has 2 atom stereocenters. The highest BCUT2D eigenvalue weighted by Gasteiger charge is 2.39. The molecule has 1 N–H and O–H groups in total. The Morgan fingerprint density at radius 3 is 2.37 bits per heavy atom. The fourth-order valence-electron chi connectivity index (χ4n) is 4.43. The minimum Gasteiger partial charge on any atom is -0.507 e. The zero-order valence-electron chi connectivity index (χ0n) is 19.9. The van der Waals surface area contributed by atoms with Crippen molar-refractivity contribution in [3.05, 3.63) is 51.0 Å². The van der Waals surface area contributed by atoms with E-state index in [1.807, 2.05) is 11.9 Å². The van der Waals surface area contributed by atoms with Gasteiger partial charge in [-0.05, 0) is 38.2 Å². The van der Waals surface area contributed by atoms with E-state index < -0.39 is 24.0 Å². The number of methoxy groups -OCH3 is 2. The third kappa shape index (κ3) is 5.72. The number of benzene rings is 2. The number of likely N-dealkylation sites (N-methyl/N-ethyl adjacent to an activating group) is 1. The Labute approximate surface area is 213 Å². The number of halogens is 2. The highest BCUT2D eigenvalue weighted by atomic mass is 35.5. The van der Waals surface area contributed by atoms with Gasteiger partial charge in [0.15, 0.2) is 11.6 Å². The molecule has 1 aliphatic heterocycles. The van der Waals surface area contributed by atoms with E-state index >= 15 is 0 Å². The zero-order valence-corrected chi connectivity index (χ0v) is 21.4. The largest absolute Gasteiger partial charge is 0.507 e. The summed E-state index contributed by atoms with van der Waals surface area (Å²) in [5, 5.41) is 11.8. The summed E-state index contributed by atoms with van der Waals surface area (Å²) >= 11 is 12.0. The van der Waals surface area contributed by atoms with Crippen molar-refractivity contribution in [3.63, 3.8) is 0 Å². The molecule has 3 rings (SSSR count). The van der Waals surface area contributed by atoms with Crippen LogP contribution < -0.4 is 9.47 Å². The van der Waals surface area contributed by atoms with Crippen LogP contribution >= 0.6 is 23.2 Å². The molecule has 188 valence electrons. The Bertz CT molecular complexity index is 1150. The average Bonchev–Trinajstić information content (AvgIpc) is 3.16. The summed E-state index contributed by atoms with van der Waals surface area (Å²) in [5.74, 6) is -1.79. The number of esters is 1. The topological polar surface area (TPSA) is 102 Å². The van der Waals surface area contributed by atoms with Crippen LogP contribution in [0.5, 0.6) is 17.2 Å². The molecule has 0 radical (unpaired) electrons. The number of nitrogens with zero attached hydrogens (tertiary/aromatic N) is 1. The van der Waals surface area contributed by atoms with Gasteiger partial charge in [-0.1, -0.05) is 23.2 Å². The predicted molar refractivity (Wildman–Crippen MR) is 131 cm³/mol. The van der Waals surface area contributed by atoms with E-state index in [0.717, 1.165) is 0 Å². The molecule has 0 aliphatic carbocycles. The minimum absolute atomic E-state index is 0.0750. The number of hydrogen-bond acceptors (Lipinski definition) is 8. The number of ketones is 2. The molecular weight excluding hydrogens is 497 g/mol. The summed E-state index contributed by atoms with van der Waals surface area (Å²) < 4.78 is 16.1. The van der Waals surface area contributed by atoms with Crippen molar-refractivity contribution in [2.45, 2.75) is 31.7 Å². The lowest BCUT2D eigenvalue weighted by atomic mass is 9.87. The first-order valence-electron chi connectivity index (χ1n) is 10.9. The molecule has 0 amide bonds. The maximum Gasteiger partial charge on any atom is 0.302 e. The van der Waals surface area contributed by atoms with Crippen LogP contribution in [0, 0.1) is 0 Å². The number of rotatable bonds is 9. The number of carbonyl (C=O) groups excluding carboxylic acids is 3. The van der Waals surface area contributed by atoms with Gasteiger partial charge in [0, 0.05) is 35.1 Å². The third-order valence-corrected chi connectivity index (χ3v) is 6.74. The van der Waals surface area contributed by atoms with Gasteiger partial charge in [0.1, 0.15) is 29.4 Å². The van der Waals surface area contributed by atoms with Crippen LogP contribution in [-0.2, 0) is 9.53 Å². The maximum atomic E-state index is 13.3. The SMILES string of the molecule is COc1cc(OC)c(C2CCN(C)C2COC(C)=O)c(O)c1C(=O)CC(=O)c1ccc(Cl)cc1Cl. The van der Waals surface area contributed by atoms with Crippen molar-refractivity contribution in [2.75, 3.05) is 34.4 Å². The van der Waals surface area contributed by atoms with Gasteiger partial charge in [0.25, 0.3) is 0 Å². The molecule has 8 nitrogen and oxygen atoms in total. The van der Waals surface area contributed by atoms with E-state index in [2.05, 4.69) is 0 Å². The van der Waals surface area contributed by atoms with Gasteiger partial charge in [-0.15, -0.1) is 0 Å². The Morgan fingerprint density at radius 1 is 1.09 bits per heavy atom. The van der Waals surface area contributed by atoms with Gasteiger partial charge in [0.2, 0.25) is 0 Å². The number of hydrogen-bond donors (Lipinski definition) is 1. The first-order chi connectivity index (χ1) is 16.6. The molecular formula is C25H27Cl2NO7. The van der Waals surface area contributed by atoms with Gasteiger partial charge in [-0.2, -0.15) is 0 Å². The van der Waals surface area contributed by atoms with E-state index in [4.69, 9.17) is 37.4 Å². The van der Waals surface area contributed by atoms with Gasteiger partial charge in [-0.3, -0.25) is 19.3 Å². The molecule has 0 bridgehead atoms. The second-order valence-electron chi connectivity index (χ2n) is 8.31. The summed E-state index contributed by atoms with van der Waals surface area (Å²) in [4.78, 5) is 39.5. The Kier molecular flexibility index (Phi) is 8.64. The molecule has 1 fully saturated rings.